The second kappa shape index (κ2) is 32.3. The lowest BCUT2D eigenvalue weighted by atomic mass is 9.39. The lowest BCUT2D eigenvalue weighted by Crippen LogP contribution is -2.65. The van der Waals surface area contributed by atoms with Gasteiger partial charge in [0.15, 0.2) is 10.8 Å². The fraction of sp³-hybridized carbons (Fsp3) is 0.486. The molecule has 3 aromatic heterocycles. The van der Waals surface area contributed by atoms with E-state index in [0.717, 1.165) is 64.0 Å². The maximum absolute atomic E-state index is 14.0. The number of carboxylic acids is 1. The summed E-state index contributed by atoms with van der Waals surface area (Å²) in [7, 11) is -4.57. The average Bonchev–Trinajstić information content (AvgIpc) is 0.718. The molecular formula is C74H92N13O15PS. The molecule has 5 unspecified atom stereocenters. The van der Waals surface area contributed by atoms with Crippen LogP contribution in [0.3, 0.4) is 0 Å². The molecule has 2 aliphatic heterocycles. The van der Waals surface area contributed by atoms with E-state index in [-0.39, 0.29) is 98.8 Å². The van der Waals surface area contributed by atoms with Gasteiger partial charge in [-0.25, -0.2) is 24.4 Å². The van der Waals surface area contributed by atoms with Gasteiger partial charge in [0, 0.05) is 92.5 Å². The highest BCUT2D eigenvalue weighted by Gasteiger charge is 2.66. The number of hydrogen-bond donors (Lipinski definition) is 9. The minimum Gasteiger partial charge on any atom is -0.476 e. The Morgan fingerprint density at radius 2 is 1.62 bits per heavy atom. The van der Waals surface area contributed by atoms with E-state index in [2.05, 4.69) is 45.4 Å². The minimum absolute atomic E-state index is 0.0275. The molecule has 4 bridgehead atoms. The highest BCUT2D eigenvalue weighted by atomic mass is 32.1. The quantitative estimate of drug-likeness (QED) is 0.0105. The molecule has 554 valence electrons. The molecule has 9 amide bonds. The number of hydrogen-bond acceptors (Lipinski definition) is 17. The highest BCUT2D eigenvalue weighted by molar-refractivity contribution is 7.51. The van der Waals surface area contributed by atoms with Crippen LogP contribution in [0.4, 0.5) is 26.2 Å². The van der Waals surface area contributed by atoms with E-state index in [1.54, 1.807) is 56.4 Å². The molecule has 30 heteroatoms. The second-order valence-corrected chi connectivity index (χ2v) is 31.8. The first-order chi connectivity index (χ1) is 49.6. The average molecular weight is 1470 g/mol. The molecule has 6 aromatic rings. The van der Waals surface area contributed by atoms with Gasteiger partial charge in [0.2, 0.25) is 17.7 Å². The summed E-state index contributed by atoms with van der Waals surface area (Å²) in [6.07, 6.45) is 10.4. The number of imide groups is 1. The molecule has 28 nitrogen and oxygen atoms in total. The third-order valence-corrected chi connectivity index (χ3v) is 22.8. The van der Waals surface area contributed by atoms with E-state index in [1.807, 2.05) is 59.0 Å². The van der Waals surface area contributed by atoms with Crippen LogP contribution in [-0.4, -0.2) is 161 Å². The van der Waals surface area contributed by atoms with Crippen LogP contribution in [0.15, 0.2) is 97.2 Å². The van der Waals surface area contributed by atoms with Gasteiger partial charge in [-0.05, 0) is 159 Å². The molecule has 6 aliphatic rings. The zero-order chi connectivity index (χ0) is 74.3. The molecule has 5 heterocycles. The predicted molar refractivity (Wildman–Crippen MR) is 389 cm³/mol. The number of urea groups is 1. The third kappa shape index (κ3) is 18.0. The number of nitrogens with one attached hydrogen (secondary N) is 5. The molecule has 12 rings (SSSR count). The monoisotopic (exact) mass is 1470 g/mol. The van der Waals surface area contributed by atoms with Crippen molar-refractivity contribution >= 4 is 99.3 Å². The van der Waals surface area contributed by atoms with Crippen molar-refractivity contribution in [2.75, 3.05) is 61.0 Å². The van der Waals surface area contributed by atoms with Gasteiger partial charge in [-0.2, -0.15) is 5.10 Å². The van der Waals surface area contributed by atoms with Crippen LogP contribution in [0.25, 0.3) is 21.3 Å². The number of aromatic nitrogens is 4. The SMILES string of the molecule is CCC1C2CC3(Cn4ncc(-c5ccc(N6CCc7cccc(C(=O)Nc8nc9ccccc9s8)c7C6)nc5C(=O)O)c4C)CC(OCCN(CCP(=O)(O)O)C(=O)OCc4ccc(NC(=O)[C@H](CCCNC(N)=O)NC(=O)[C@@H](NC(=O)CCCCCN5C(=O)C=CC5=O)C(C)C)cc4)(C2)CC1(C)C3. The lowest BCUT2D eigenvalue weighted by molar-refractivity contribution is -0.247. The molecule has 0 saturated heterocycles. The number of benzene rings is 3. The van der Waals surface area contributed by atoms with Crippen LogP contribution in [0.5, 0.6) is 0 Å². The van der Waals surface area contributed by atoms with Gasteiger partial charge < -0.3 is 61.2 Å². The molecule has 4 fully saturated rings. The van der Waals surface area contributed by atoms with Crippen molar-refractivity contribution in [2.45, 2.75) is 155 Å². The zero-order valence-corrected chi connectivity index (χ0v) is 60.9. The number of rotatable bonds is 33. The first-order valence-electron chi connectivity index (χ1n) is 35.6. The maximum Gasteiger partial charge on any atom is 0.410 e. The summed E-state index contributed by atoms with van der Waals surface area (Å²) in [5.74, 6) is -2.97. The maximum atomic E-state index is 14.0. The molecule has 4 saturated carbocycles. The van der Waals surface area contributed by atoms with Gasteiger partial charge >= 0.3 is 25.7 Å². The van der Waals surface area contributed by atoms with Crippen molar-refractivity contribution in [1.29, 1.82) is 0 Å². The number of nitrogens with zero attached hydrogens (tertiary/aromatic N) is 7. The first-order valence-corrected chi connectivity index (χ1v) is 38.2. The molecule has 0 spiro atoms. The number of carbonyl (C=O) groups is 9. The summed E-state index contributed by atoms with van der Waals surface area (Å²) in [5.41, 5.74) is 10.1. The number of ether oxygens (including phenoxy) is 2. The minimum atomic E-state index is -4.57. The number of primary amides is 1. The molecule has 0 radical (unpaired) electrons. The number of para-hydroxylation sites is 1. The Kier molecular flexibility index (Phi) is 23.5. The van der Waals surface area contributed by atoms with Crippen LogP contribution >= 0.6 is 18.9 Å². The van der Waals surface area contributed by atoms with Gasteiger partial charge in [-0.1, -0.05) is 88.3 Å². The van der Waals surface area contributed by atoms with Crippen LogP contribution in [0.1, 0.15) is 148 Å². The molecular weight excluding hydrogens is 1370 g/mol. The van der Waals surface area contributed by atoms with Crippen molar-refractivity contribution < 1.29 is 72.1 Å². The van der Waals surface area contributed by atoms with Crippen molar-refractivity contribution in [3.05, 3.63) is 131 Å². The number of nitrogens with two attached hydrogens (primary N) is 1. The Labute approximate surface area is 606 Å². The Hall–Kier alpha value is -9.41. The van der Waals surface area contributed by atoms with Crippen molar-refractivity contribution in [3.8, 4) is 11.1 Å². The fourth-order valence-corrected chi connectivity index (χ4v) is 18.1. The Balaban J connectivity index is 0.703. The first kappa shape index (κ1) is 75.7. The summed E-state index contributed by atoms with van der Waals surface area (Å²) in [6, 6.07) is 20.5. The number of carboxylic acid groups (broad SMARTS) is 1. The van der Waals surface area contributed by atoms with E-state index in [9.17, 15) is 62.6 Å². The van der Waals surface area contributed by atoms with E-state index in [0.29, 0.717) is 102 Å². The van der Waals surface area contributed by atoms with Crippen molar-refractivity contribution in [3.63, 3.8) is 0 Å². The number of amides is 9. The summed E-state index contributed by atoms with van der Waals surface area (Å²) in [6.45, 7) is 11.3. The zero-order valence-electron chi connectivity index (χ0n) is 59.2. The number of pyridine rings is 1. The Morgan fingerprint density at radius 1 is 0.856 bits per heavy atom. The molecule has 10 N–H and O–H groups in total. The number of thiazole rings is 1. The second-order valence-electron chi connectivity index (χ2n) is 29.0. The summed E-state index contributed by atoms with van der Waals surface area (Å²) in [4.78, 5) is 151. The fourth-order valence-electron chi connectivity index (χ4n) is 16.7. The topological polar surface area (TPSA) is 389 Å². The Morgan fingerprint density at radius 3 is 2.34 bits per heavy atom. The molecule has 104 heavy (non-hydrogen) atoms. The summed E-state index contributed by atoms with van der Waals surface area (Å²) in [5, 5.41) is 30.0. The van der Waals surface area contributed by atoms with Crippen LogP contribution in [0.2, 0.25) is 0 Å². The largest absolute Gasteiger partial charge is 0.476 e. The number of unbranched alkanes of at least 4 members (excludes halogenated alkanes) is 2. The van der Waals surface area contributed by atoms with E-state index in [4.69, 9.17) is 25.3 Å². The smallest absolute Gasteiger partial charge is 0.410 e. The van der Waals surface area contributed by atoms with Crippen LogP contribution < -0.4 is 37.2 Å². The molecule has 3 aromatic carbocycles. The van der Waals surface area contributed by atoms with Crippen LogP contribution in [0, 0.1) is 35.5 Å². The lowest BCUT2D eigenvalue weighted by Gasteiger charge is -2.68. The number of anilines is 3. The standard InChI is InChI=1S/C74H92N13O15PS/c1-6-55-49-36-73(44-87-46(4)53(38-77-87)51-24-25-59(81-64(51)68(94)95)85-31-28-48-14-12-15-52(54(48)39-85)65(91)83-70-80-56-16-9-10-18-58(56)104-70)41-72(55,5)42-74(37-49,43-73)102-34-32-84(33-35-103(98,99)100)71(97)101-40-47-20-22-50(23-21-47)78-66(92)57(17-13-29-76-69(75)96)79-67(93)63(45(2)3)82-60(88)19-8-7-11-30-86-61(89)26-27-62(86)90/h9-10,12,14-16,18,20-27,38,45,49,55,57,63H,6-8,11,13,17,19,28-37,39-44H2,1-5H3,(H,78,92)(H,79,93)(H,82,88)(H,94,95)(H3,75,76,96)(H,80,83,91)(H2,98,99,100)/t49?,55?,57-,63-,72?,73?,74?/m0/s1. The van der Waals surface area contributed by atoms with Gasteiger partial charge in [-0.15, -0.1) is 0 Å². The predicted octanol–water partition coefficient (Wildman–Crippen LogP) is 9.07. The molecule has 4 aliphatic carbocycles. The number of carbonyl (C=O) groups excluding carboxylic acids is 8. The van der Waals surface area contributed by atoms with Gasteiger partial charge in [-0.3, -0.25) is 48.2 Å². The Bertz CT molecular complexity index is 4280. The summed E-state index contributed by atoms with van der Waals surface area (Å²) >= 11 is 1.40. The van der Waals surface area contributed by atoms with Gasteiger partial charge in [0.1, 0.15) is 24.5 Å². The van der Waals surface area contributed by atoms with Crippen molar-refractivity contribution in [2.24, 2.45) is 34.3 Å². The van der Waals surface area contributed by atoms with Gasteiger partial charge in [0.05, 0.1) is 34.8 Å². The van der Waals surface area contributed by atoms with E-state index < -0.39 is 67.3 Å². The molecule has 7 atom stereocenters. The third-order valence-electron chi connectivity index (χ3n) is 21.1. The van der Waals surface area contributed by atoms with E-state index >= 15 is 0 Å². The van der Waals surface area contributed by atoms with Gasteiger partial charge in [0.25, 0.3) is 17.7 Å². The normalized spacial score (nSPS) is 20.8. The number of fused-ring (bicyclic) bond motifs is 2. The summed E-state index contributed by atoms with van der Waals surface area (Å²) < 4.78 is 28.0. The highest BCUT2D eigenvalue weighted by Crippen LogP contribution is 2.70. The van der Waals surface area contributed by atoms with Crippen LogP contribution in [-0.2, 0) is 64.1 Å². The van der Waals surface area contributed by atoms with Crippen molar-refractivity contribution in [1.82, 2.24) is 45.5 Å². The number of aromatic carboxylic acids is 1. The van der Waals surface area contributed by atoms with E-state index in [1.165, 1.54) is 28.4 Å².